The SMILES string of the molecule is N#Cc1nccnc1N1CCN(c2cnn(CC(F)F)c(=O)c2Cl)CC1. The molecule has 3 rings (SSSR count). The molecule has 1 fully saturated rings. The van der Waals surface area contributed by atoms with Crippen molar-refractivity contribution in [2.24, 2.45) is 0 Å². The summed E-state index contributed by atoms with van der Waals surface area (Å²) in [6.07, 6.45) is 1.61. The van der Waals surface area contributed by atoms with Crippen molar-refractivity contribution in [2.75, 3.05) is 36.0 Å². The molecule has 3 heterocycles. The molecule has 136 valence electrons. The second-order valence-corrected chi connectivity index (χ2v) is 5.91. The minimum absolute atomic E-state index is 0.133. The molecular weight excluding hydrogens is 368 g/mol. The van der Waals surface area contributed by atoms with Crippen LogP contribution in [0.15, 0.2) is 23.4 Å². The second kappa shape index (κ2) is 7.61. The van der Waals surface area contributed by atoms with E-state index in [1.807, 2.05) is 15.9 Å². The number of rotatable bonds is 4. The van der Waals surface area contributed by atoms with Gasteiger partial charge in [-0.25, -0.2) is 23.4 Å². The van der Waals surface area contributed by atoms with E-state index in [1.165, 1.54) is 18.6 Å². The molecule has 11 heteroatoms. The van der Waals surface area contributed by atoms with Crippen molar-refractivity contribution < 1.29 is 8.78 Å². The summed E-state index contributed by atoms with van der Waals surface area (Å²) in [6.45, 7) is 1.27. The van der Waals surface area contributed by atoms with Crippen LogP contribution in [0.2, 0.25) is 5.02 Å². The topological polar surface area (TPSA) is 90.9 Å². The lowest BCUT2D eigenvalue weighted by Gasteiger charge is -2.36. The maximum atomic E-state index is 12.5. The van der Waals surface area contributed by atoms with Crippen LogP contribution in [0.4, 0.5) is 20.3 Å². The van der Waals surface area contributed by atoms with Gasteiger partial charge in [-0.3, -0.25) is 4.79 Å². The van der Waals surface area contributed by atoms with Gasteiger partial charge in [0.15, 0.2) is 11.5 Å². The van der Waals surface area contributed by atoms with Crippen LogP contribution in [0, 0.1) is 11.3 Å². The van der Waals surface area contributed by atoms with E-state index in [1.54, 1.807) is 0 Å². The predicted octanol–water partition coefficient (Wildman–Crippen LogP) is 1.15. The Kier molecular flexibility index (Phi) is 5.27. The van der Waals surface area contributed by atoms with Gasteiger partial charge in [-0.15, -0.1) is 0 Å². The summed E-state index contributed by atoms with van der Waals surface area (Å²) in [7, 11) is 0. The molecule has 1 saturated heterocycles. The van der Waals surface area contributed by atoms with E-state index in [4.69, 9.17) is 16.9 Å². The molecule has 0 aliphatic carbocycles. The fourth-order valence-electron chi connectivity index (χ4n) is 2.74. The molecule has 2 aromatic heterocycles. The molecular formula is C15H14ClF2N7O. The normalized spacial score (nSPS) is 14.6. The van der Waals surface area contributed by atoms with Gasteiger partial charge in [-0.05, 0) is 0 Å². The van der Waals surface area contributed by atoms with Crippen LogP contribution >= 0.6 is 11.6 Å². The highest BCUT2D eigenvalue weighted by Crippen LogP contribution is 2.24. The molecule has 0 amide bonds. The number of aromatic nitrogens is 4. The van der Waals surface area contributed by atoms with Crippen molar-refractivity contribution in [3.8, 4) is 6.07 Å². The summed E-state index contributed by atoms with van der Waals surface area (Å²) in [5, 5.41) is 12.8. The van der Waals surface area contributed by atoms with E-state index in [-0.39, 0.29) is 10.7 Å². The molecule has 1 aliphatic heterocycles. The van der Waals surface area contributed by atoms with Crippen LogP contribution in [0.5, 0.6) is 0 Å². The fourth-order valence-corrected chi connectivity index (χ4v) is 3.00. The molecule has 0 saturated carbocycles. The summed E-state index contributed by atoms with van der Waals surface area (Å²) in [6, 6.07) is 2.01. The average molecular weight is 382 g/mol. The highest BCUT2D eigenvalue weighted by Gasteiger charge is 2.24. The first kappa shape index (κ1) is 18.0. The minimum atomic E-state index is -2.69. The first-order valence-electron chi connectivity index (χ1n) is 7.76. The van der Waals surface area contributed by atoms with Gasteiger partial charge in [0.1, 0.15) is 17.6 Å². The van der Waals surface area contributed by atoms with Crippen molar-refractivity contribution in [1.82, 2.24) is 19.7 Å². The van der Waals surface area contributed by atoms with Crippen LogP contribution in [0.1, 0.15) is 5.69 Å². The molecule has 0 aromatic carbocycles. The van der Waals surface area contributed by atoms with Crippen molar-refractivity contribution in [3.05, 3.63) is 39.7 Å². The zero-order chi connectivity index (χ0) is 18.7. The van der Waals surface area contributed by atoms with Crippen molar-refractivity contribution in [3.63, 3.8) is 0 Å². The Morgan fingerprint density at radius 1 is 1.19 bits per heavy atom. The maximum Gasteiger partial charge on any atom is 0.287 e. The zero-order valence-electron chi connectivity index (χ0n) is 13.5. The third kappa shape index (κ3) is 3.57. The van der Waals surface area contributed by atoms with Gasteiger partial charge in [0.2, 0.25) is 0 Å². The van der Waals surface area contributed by atoms with Gasteiger partial charge >= 0.3 is 0 Å². The first-order chi connectivity index (χ1) is 12.5. The van der Waals surface area contributed by atoms with E-state index in [0.717, 1.165) is 0 Å². The lowest BCUT2D eigenvalue weighted by Crippen LogP contribution is -2.47. The lowest BCUT2D eigenvalue weighted by molar-refractivity contribution is 0.119. The maximum absolute atomic E-state index is 12.5. The Bertz CT molecular complexity index is 890. The molecule has 0 atom stereocenters. The van der Waals surface area contributed by atoms with Crippen molar-refractivity contribution in [1.29, 1.82) is 5.26 Å². The van der Waals surface area contributed by atoms with E-state index < -0.39 is 18.5 Å². The van der Waals surface area contributed by atoms with Gasteiger partial charge in [0.05, 0.1) is 11.9 Å². The van der Waals surface area contributed by atoms with Gasteiger partial charge < -0.3 is 9.80 Å². The highest BCUT2D eigenvalue weighted by atomic mass is 35.5. The average Bonchev–Trinajstić information content (AvgIpc) is 2.65. The van der Waals surface area contributed by atoms with E-state index in [0.29, 0.717) is 42.4 Å². The number of halogens is 3. The second-order valence-electron chi connectivity index (χ2n) is 5.54. The number of nitrogens with zero attached hydrogens (tertiary/aromatic N) is 7. The largest absolute Gasteiger partial charge is 0.365 e. The smallest absolute Gasteiger partial charge is 0.287 e. The molecule has 0 bridgehead atoms. The Hall–Kier alpha value is -2.80. The lowest BCUT2D eigenvalue weighted by atomic mass is 10.2. The molecule has 0 unspecified atom stereocenters. The third-order valence-corrected chi connectivity index (χ3v) is 4.34. The molecule has 2 aromatic rings. The highest BCUT2D eigenvalue weighted by molar-refractivity contribution is 6.33. The van der Waals surface area contributed by atoms with Gasteiger partial charge in [0.25, 0.3) is 12.0 Å². The predicted molar refractivity (Wildman–Crippen MR) is 90.7 cm³/mol. The number of hydrogen-bond donors (Lipinski definition) is 0. The Balaban J connectivity index is 1.75. The Labute approximate surface area is 152 Å². The van der Waals surface area contributed by atoms with Crippen LogP contribution in [-0.2, 0) is 6.54 Å². The van der Waals surface area contributed by atoms with E-state index in [9.17, 15) is 13.6 Å². The van der Waals surface area contributed by atoms with Crippen LogP contribution < -0.4 is 15.4 Å². The van der Waals surface area contributed by atoms with E-state index in [2.05, 4.69) is 15.1 Å². The van der Waals surface area contributed by atoms with Gasteiger partial charge in [0, 0.05) is 38.6 Å². The standard InChI is InChI=1S/C15H14ClF2N7O/c16-13-11(8-22-25(15(13)26)9-12(17)18)23-3-5-24(6-4-23)14-10(7-19)20-1-2-21-14/h1-2,8,12H,3-6,9H2. The van der Waals surface area contributed by atoms with Crippen molar-refractivity contribution >= 4 is 23.1 Å². The fraction of sp³-hybridized carbons (Fsp3) is 0.400. The molecule has 0 radical (unpaired) electrons. The molecule has 0 spiro atoms. The van der Waals surface area contributed by atoms with E-state index >= 15 is 0 Å². The minimum Gasteiger partial charge on any atom is -0.365 e. The summed E-state index contributed by atoms with van der Waals surface area (Å²) in [4.78, 5) is 24.0. The number of alkyl halides is 2. The number of hydrogen-bond acceptors (Lipinski definition) is 7. The Morgan fingerprint density at radius 2 is 1.85 bits per heavy atom. The summed E-state index contributed by atoms with van der Waals surface area (Å²) in [5.74, 6) is 0.506. The third-order valence-electron chi connectivity index (χ3n) is 3.98. The first-order valence-corrected chi connectivity index (χ1v) is 8.14. The number of anilines is 2. The summed E-state index contributed by atoms with van der Waals surface area (Å²) in [5.41, 5.74) is -0.0932. The molecule has 8 nitrogen and oxygen atoms in total. The van der Waals surface area contributed by atoms with Crippen LogP contribution in [-0.4, -0.2) is 52.4 Å². The quantitative estimate of drug-likeness (QED) is 0.784. The van der Waals surface area contributed by atoms with Crippen LogP contribution in [0.25, 0.3) is 0 Å². The van der Waals surface area contributed by atoms with Gasteiger partial charge in [-0.1, -0.05) is 11.6 Å². The van der Waals surface area contributed by atoms with Gasteiger partial charge in [-0.2, -0.15) is 10.4 Å². The zero-order valence-corrected chi connectivity index (χ0v) is 14.3. The molecule has 26 heavy (non-hydrogen) atoms. The molecule has 0 N–H and O–H groups in total. The summed E-state index contributed by atoms with van der Waals surface area (Å²) < 4.78 is 25.6. The number of nitriles is 1. The monoisotopic (exact) mass is 381 g/mol. The number of piperazine rings is 1. The molecule has 1 aliphatic rings. The summed E-state index contributed by atoms with van der Waals surface area (Å²) >= 11 is 6.08. The van der Waals surface area contributed by atoms with Crippen molar-refractivity contribution in [2.45, 2.75) is 13.0 Å². The van der Waals surface area contributed by atoms with Crippen LogP contribution in [0.3, 0.4) is 0 Å². The Morgan fingerprint density at radius 3 is 2.50 bits per heavy atom.